The number of nitriles is 2. The van der Waals surface area contributed by atoms with Gasteiger partial charge in [-0.3, -0.25) is 14.4 Å². The van der Waals surface area contributed by atoms with E-state index in [4.69, 9.17) is 53.4 Å². The van der Waals surface area contributed by atoms with Gasteiger partial charge in [0.15, 0.2) is 5.75 Å². The molecule has 51 heavy (non-hydrogen) atoms. The summed E-state index contributed by atoms with van der Waals surface area (Å²) in [5.41, 5.74) is 4.98. The molecular formula is C35H29Br2Cl2N5O7. The van der Waals surface area contributed by atoms with Crippen LogP contribution in [0.15, 0.2) is 69.6 Å². The molecule has 0 aliphatic carbocycles. The maximum Gasteiger partial charge on any atom is 0.322 e. The molecule has 4 aromatic rings. The second-order valence-corrected chi connectivity index (χ2v) is 13.0. The lowest BCUT2D eigenvalue weighted by molar-refractivity contribution is -0.137. The summed E-state index contributed by atoms with van der Waals surface area (Å²) in [7, 11) is 3.53. The highest BCUT2D eigenvalue weighted by Crippen LogP contribution is 2.36. The van der Waals surface area contributed by atoms with Crippen LogP contribution in [0.1, 0.15) is 38.2 Å². The van der Waals surface area contributed by atoms with Gasteiger partial charge in [0.1, 0.15) is 25.5 Å². The van der Waals surface area contributed by atoms with E-state index < -0.39 is 24.4 Å². The molecule has 0 saturated carbocycles. The predicted molar refractivity (Wildman–Crippen MR) is 200 cm³/mol. The van der Waals surface area contributed by atoms with Crippen molar-refractivity contribution in [2.75, 3.05) is 31.3 Å². The fourth-order valence-corrected chi connectivity index (χ4v) is 6.50. The molecule has 0 unspecified atom stereocenters. The van der Waals surface area contributed by atoms with Crippen LogP contribution in [0.3, 0.4) is 0 Å². The Morgan fingerprint density at radius 1 is 0.706 bits per heavy atom. The minimum atomic E-state index is -1.17. The number of benzene rings is 4. The van der Waals surface area contributed by atoms with Gasteiger partial charge in [0.05, 0.1) is 48.7 Å². The van der Waals surface area contributed by atoms with Crippen LogP contribution in [-0.4, -0.2) is 48.7 Å². The Morgan fingerprint density at radius 2 is 1.18 bits per heavy atom. The van der Waals surface area contributed by atoms with Crippen molar-refractivity contribution >= 4 is 84.3 Å². The van der Waals surface area contributed by atoms with Crippen molar-refractivity contribution in [1.82, 2.24) is 5.32 Å². The number of nitrogens with one attached hydrogen (secondary N) is 3. The number of halogens is 4. The Hall–Kier alpha value is -4.99. The maximum absolute atomic E-state index is 11.9. The van der Waals surface area contributed by atoms with Crippen LogP contribution in [0.5, 0.6) is 11.5 Å². The molecule has 0 saturated heterocycles. The van der Waals surface area contributed by atoms with Crippen molar-refractivity contribution in [1.29, 1.82) is 10.5 Å². The fourth-order valence-electron chi connectivity index (χ4n) is 4.39. The summed E-state index contributed by atoms with van der Waals surface area (Å²) in [5.74, 6) is -1.91. The third-order valence-electron chi connectivity index (χ3n) is 6.66. The van der Waals surface area contributed by atoms with E-state index in [1.807, 2.05) is 12.1 Å². The average molecular weight is 862 g/mol. The van der Waals surface area contributed by atoms with Gasteiger partial charge in [-0.15, -0.1) is 0 Å². The molecule has 1 amide bonds. The van der Waals surface area contributed by atoms with Gasteiger partial charge in [0.2, 0.25) is 0 Å². The van der Waals surface area contributed by atoms with E-state index in [0.717, 1.165) is 22.5 Å². The van der Waals surface area contributed by atoms with E-state index in [0.29, 0.717) is 31.4 Å². The number of hydrogen-bond acceptors (Lipinski definition) is 9. The first-order chi connectivity index (χ1) is 24.3. The lowest BCUT2D eigenvalue weighted by Gasteiger charge is -2.13. The summed E-state index contributed by atoms with van der Waals surface area (Å²) in [4.78, 5) is 33.3. The molecule has 0 aromatic heterocycles. The van der Waals surface area contributed by atoms with Crippen molar-refractivity contribution in [2.45, 2.75) is 19.6 Å². The largest absolute Gasteiger partial charge is 0.487 e. The summed E-state index contributed by atoms with van der Waals surface area (Å²) >= 11 is 19.1. The molecule has 0 aliphatic rings. The molecule has 0 aliphatic heterocycles. The monoisotopic (exact) mass is 859 g/mol. The number of nitrogens with zero attached hydrogens (tertiary/aromatic N) is 2. The first-order valence-electron chi connectivity index (χ1n) is 14.6. The second kappa shape index (κ2) is 19.4. The number of carboxylic acids is 2. The standard InChI is InChI=1S/C18H15Cl2N3O4.C17H14Br2N2O3/c1-22-13-3-10(7-21)2-11(4-13)9-27-17-14(19)5-12(6-15(17)20)18(26)23-8-16(24)25;1-21-13-3-11(8-20)2-12(4-13)9-24-17-14(18)5-10(6-15(17)19)7-16(22)23/h2-6,22H,8-9H2,1H3,(H,23,26)(H,24,25);2-6,21H,7,9H2,1H3,(H,22,23). The lowest BCUT2D eigenvalue weighted by atomic mass is 10.1. The Balaban J connectivity index is 0.000000277. The minimum absolute atomic E-state index is 0.0623. The molecule has 16 heteroatoms. The number of amides is 1. The van der Waals surface area contributed by atoms with E-state index in [-0.39, 0.29) is 41.0 Å². The highest BCUT2D eigenvalue weighted by molar-refractivity contribution is 9.11. The van der Waals surface area contributed by atoms with Crippen LogP contribution in [0.25, 0.3) is 0 Å². The molecule has 0 atom stereocenters. The summed E-state index contributed by atoms with van der Waals surface area (Å²) in [5, 5.41) is 44.0. The zero-order valence-corrected chi connectivity index (χ0v) is 31.6. The third-order valence-corrected chi connectivity index (χ3v) is 8.40. The van der Waals surface area contributed by atoms with Gasteiger partial charge in [0.25, 0.3) is 5.91 Å². The first-order valence-corrected chi connectivity index (χ1v) is 17.0. The Labute approximate surface area is 320 Å². The van der Waals surface area contributed by atoms with Crippen LogP contribution < -0.4 is 25.4 Å². The number of anilines is 2. The highest BCUT2D eigenvalue weighted by Gasteiger charge is 2.16. The number of hydrogen-bond donors (Lipinski definition) is 5. The molecule has 0 radical (unpaired) electrons. The number of aliphatic carboxylic acids is 2. The van der Waals surface area contributed by atoms with Crippen LogP contribution in [0, 0.1) is 22.7 Å². The van der Waals surface area contributed by atoms with E-state index in [1.165, 1.54) is 12.1 Å². The first kappa shape index (κ1) is 40.4. The fraction of sp³-hybridized carbons (Fsp3) is 0.171. The predicted octanol–water partition coefficient (Wildman–Crippen LogP) is 7.63. The van der Waals surface area contributed by atoms with Gasteiger partial charge >= 0.3 is 11.9 Å². The van der Waals surface area contributed by atoms with Gasteiger partial charge in [-0.25, -0.2) is 0 Å². The summed E-state index contributed by atoms with van der Waals surface area (Å²) in [6.07, 6.45) is -0.0623. The zero-order valence-electron chi connectivity index (χ0n) is 26.9. The lowest BCUT2D eigenvalue weighted by Crippen LogP contribution is -2.29. The van der Waals surface area contributed by atoms with Crippen LogP contribution in [0.4, 0.5) is 11.4 Å². The van der Waals surface area contributed by atoms with Crippen molar-refractivity contribution in [2.24, 2.45) is 0 Å². The molecule has 12 nitrogen and oxygen atoms in total. The van der Waals surface area contributed by atoms with Gasteiger partial charge < -0.3 is 35.6 Å². The smallest absolute Gasteiger partial charge is 0.322 e. The minimum Gasteiger partial charge on any atom is -0.487 e. The SMILES string of the molecule is CNc1cc(C#N)cc(COc2c(Br)cc(CC(=O)O)cc2Br)c1.CNc1cc(C#N)cc(COc2c(Cl)cc(C(=O)NCC(=O)O)cc2Cl)c1. The Morgan fingerprint density at radius 3 is 1.59 bits per heavy atom. The molecule has 4 rings (SSSR count). The van der Waals surface area contributed by atoms with Crippen molar-refractivity contribution in [3.63, 3.8) is 0 Å². The molecule has 5 N–H and O–H groups in total. The van der Waals surface area contributed by atoms with Crippen LogP contribution >= 0.6 is 55.1 Å². The van der Waals surface area contributed by atoms with Crippen LogP contribution in [-0.2, 0) is 29.2 Å². The molecule has 0 spiro atoms. The molecule has 0 heterocycles. The number of rotatable bonds is 13. The van der Waals surface area contributed by atoms with Gasteiger partial charge in [-0.1, -0.05) is 23.2 Å². The van der Waals surface area contributed by atoms with Crippen molar-refractivity contribution in [3.05, 3.63) is 113 Å². The molecule has 264 valence electrons. The highest BCUT2D eigenvalue weighted by atomic mass is 79.9. The van der Waals surface area contributed by atoms with E-state index in [9.17, 15) is 14.4 Å². The molecular weight excluding hydrogens is 833 g/mol. The second-order valence-electron chi connectivity index (χ2n) is 10.4. The molecule has 0 fully saturated rings. The van der Waals surface area contributed by atoms with E-state index >= 15 is 0 Å². The van der Waals surface area contributed by atoms with Gasteiger partial charge in [-0.2, -0.15) is 10.5 Å². The zero-order chi connectivity index (χ0) is 37.7. The van der Waals surface area contributed by atoms with Crippen LogP contribution in [0.2, 0.25) is 10.0 Å². The van der Waals surface area contributed by atoms with Crippen molar-refractivity contribution in [3.8, 4) is 23.6 Å². The third kappa shape index (κ3) is 12.4. The average Bonchev–Trinajstić information content (AvgIpc) is 3.09. The molecule has 4 aromatic carbocycles. The quantitative estimate of drug-likeness (QED) is 0.0888. The molecule has 0 bridgehead atoms. The van der Waals surface area contributed by atoms with E-state index in [2.05, 4.69) is 59.9 Å². The summed E-state index contributed by atoms with van der Waals surface area (Å²) in [6, 6.07) is 20.9. The number of ether oxygens (including phenoxy) is 2. The number of carbonyl (C=O) groups is 3. The number of carboxylic acid groups (broad SMARTS) is 2. The summed E-state index contributed by atoms with van der Waals surface area (Å²) in [6.45, 7) is -0.136. The topological polar surface area (TPSA) is 194 Å². The maximum atomic E-state index is 11.9. The number of carbonyl (C=O) groups excluding carboxylic acids is 1. The van der Waals surface area contributed by atoms with Crippen molar-refractivity contribution < 1.29 is 34.1 Å². The van der Waals surface area contributed by atoms with Gasteiger partial charge in [0, 0.05) is 31.0 Å². The van der Waals surface area contributed by atoms with E-state index in [1.54, 1.807) is 50.5 Å². The Kier molecular flexibility index (Phi) is 15.4. The summed E-state index contributed by atoms with van der Waals surface area (Å²) < 4.78 is 12.8. The Bertz CT molecular complexity index is 1990. The van der Waals surface area contributed by atoms with Gasteiger partial charge in [-0.05, 0) is 109 Å². The normalized spacial score (nSPS) is 10.0.